The molecule has 0 radical (unpaired) electrons. The number of anilines is 1. The highest BCUT2D eigenvalue weighted by Gasteiger charge is 2.19. The Bertz CT molecular complexity index is 387. The van der Waals surface area contributed by atoms with Crippen LogP contribution in [-0.4, -0.2) is 48.6 Å². The summed E-state index contributed by atoms with van der Waals surface area (Å²) in [5, 5.41) is 0. The van der Waals surface area contributed by atoms with Crippen molar-refractivity contribution in [3.05, 3.63) is 18.2 Å². The average molecular weight is 280 g/mol. The Morgan fingerprint density at radius 2 is 1.75 bits per heavy atom. The minimum atomic E-state index is -0.376. The number of halogens is 1. The second kappa shape index (κ2) is 7.53. The molecule has 5 heteroatoms. The zero-order valence-corrected chi connectivity index (χ0v) is 12.6. The predicted molar refractivity (Wildman–Crippen MR) is 79.3 cm³/mol. The Hall–Kier alpha value is -1.23. The van der Waals surface area contributed by atoms with Gasteiger partial charge in [0, 0.05) is 19.6 Å². The van der Waals surface area contributed by atoms with E-state index in [-0.39, 0.29) is 5.82 Å². The highest BCUT2D eigenvalue weighted by molar-refractivity contribution is 5.28. The van der Waals surface area contributed by atoms with E-state index in [1.54, 1.807) is 0 Å². The molecule has 1 aliphatic rings. The first kappa shape index (κ1) is 15.2. The van der Waals surface area contributed by atoms with Crippen molar-refractivity contribution in [1.29, 1.82) is 0 Å². The fourth-order valence-corrected chi connectivity index (χ4v) is 2.74. The fourth-order valence-electron chi connectivity index (χ4n) is 2.74. The molecule has 1 aromatic heterocycles. The zero-order chi connectivity index (χ0) is 14.4. The molecule has 1 fully saturated rings. The van der Waals surface area contributed by atoms with E-state index in [9.17, 15) is 4.39 Å². The number of hydrogen-bond acceptors (Lipinski definition) is 4. The van der Waals surface area contributed by atoms with E-state index < -0.39 is 0 Å². The normalized spacial score (nSPS) is 16.6. The molecule has 0 saturated heterocycles. The molecular weight excluding hydrogens is 255 g/mol. The van der Waals surface area contributed by atoms with Crippen LogP contribution in [0.25, 0.3) is 0 Å². The van der Waals surface area contributed by atoms with Gasteiger partial charge in [-0.15, -0.1) is 0 Å². The number of hydrogen-bond donors (Lipinski definition) is 0. The predicted octanol–water partition coefficient (Wildman–Crippen LogP) is 2.56. The van der Waals surface area contributed by atoms with Crippen LogP contribution in [0, 0.1) is 11.7 Å². The molecule has 1 aromatic rings. The molecule has 1 saturated carbocycles. The van der Waals surface area contributed by atoms with E-state index in [1.165, 1.54) is 44.5 Å². The Kier molecular flexibility index (Phi) is 5.71. The largest absolute Gasteiger partial charge is 0.339 e. The van der Waals surface area contributed by atoms with Gasteiger partial charge in [0.05, 0.1) is 12.4 Å². The van der Waals surface area contributed by atoms with Gasteiger partial charge in [0.2, 0.25) is 5.95 Å². The molecule has 0 bridgehead atoms. The van der Waals surface area contributed by atoms with Gasteiger partial charge in [-0.2, -0.15) is 0 Å². The minimum Gasteiger partial charge on any atom is -0.339 e. The van der Waals surface area contributed by atoms with Gasteiger partial charge in [0.25, 0.3) is 0 Å². The van der Waals surface area contributed by atoms with Crippen molar-refractivity contribution in [3.63, 3.8) is 0 Å². The molecular formula is C15H25FN4. The van der Waals surface area contributed by atoms with Crippen molar-refractivity contribution in [3.8, 4) is 0 Å². The first-order chi connectivity index (χ1) is 9.65. The van der Waals surface area contributed by atoms with E-state index in [0.29, 0.717) is 5.95 Å². The summed E-state index contributed by atoms with van der Waals surface area (Å²) in [4.78, 5) is 12.6. The van der Waals surface area contributed by atoms with Gasteiger partial charge >= 0.3 is 0 Å². The maximum atomic E-state index is 13.0. The van der Waals surface area contributed by atoms with Gasteiger partial charge < -0.3 is 9.80 Å². The van der Waals surface area contributed by atoms with Crippen LogP contribution < -0.4 is 4.90 Å². The molecule has 0 N–H and O–H groups in total. The molecule has 112 valence electrons. The lowest BCUT2D eigenvalue weighted by Gasteiger charge is -2.30. The molecule has 1 aliphatic carbocycles. The number of aromatic nitrogens is 2. The molecule has 0 aromatic carbocycles. The third kappa shape index (κ3) is 4.71. The van der Waals surface area contributed by atoms with Crippen LogP contribution in [0.5, 0.6) is 0 Å². The third-order valence-corrected chi connectivity index (χ3v) is 3.91. The molecule has 0 atom stereocenters. The van der Waals surface area contributed by atoms with Crippen LogP contribution in [0.15, 0.2) is 12.4 Å². The SMILES string of the molecule is CN(C)CCN(CC1CCCCC1)c1ncc(F)cn1. The standard InChI is InChI=1S/C15H25FN4/c1-19(2)8-9-20(12-13-6-4-3-5-7-13)15-17-10-14(16)11-18-15/h10-11,13H,3-9,12H2,1-2H3. The Morgan fingerprint density at radius 1 is 1.10 bits per heavy atom. The molecule has 4 nitrogen and oxygen atoms in total. The summed E-state index contributed by atoms with van der Waals surface area (Å²) in [6.45, 7) is 2.82. The zero-order valence-electron chi connectivity index (χ0n) is 12.6. The lowest BCUT2D eigenvalue weighted by atomic mass is 9.89. The second-order valence-corrected chi connectivity index (χ2v) is 5.95. The summed E-state index contributed by atoms with van der Waals surface area (Å²) in [7, 11) is 4.12. The van der Waals surface area contributed by atoms with E-state index in [0.717, 1.165) is 25.6 Å². The monoisotopic (exact) mass is 280 g/mol. The lowest BCUT2D eigenvalue weighted by molar-refractivity contribution is 0.347. The van der Waals surface area contributed by atoms with Crippen molar-refractivity contribution in [2.75, 3.05) is 38.6 Å². The van der Waals surface area contributed by atoms with E-state index in [2.05, 4.69) is 33.9 Å². The second-order valence-electron chi connectivity index (χ2n) is 5.95. The minimum absolute atomic E-state index is 0.376. The summed E-state index contributed by atoms with van der Waals surface area (Å²) in [5.74, 6) is 0.998. The molecule has 2 rings (SSSR count). The quantitative estimate of drug-likeness (QED) is 0.801. The van der Waals surface area contributed by atoms with Crippen LogP contribution in [-0.2, 0) is 0 Å². The Morgan fingerprint density at radius 3 is 2.35 bits per heavy atom. The van der Waals surface area contributed by atoms with Gasteiger partial charge in [-0.3, -0.25) is 0 Å². The van der Waals surface area contributed by atoms with Crippen LogP contribution in [0.3, 0.4) is 0 Å². The molecule has 0 spiro atoms. The van der Waals surface area contributed by atoms with Crippen LogP contribution in [0.2, 0.25) is 0 Å². The number of rotatable bonds is 6. The lowest BCUT2D eigenvalue weighted by Crippen LogP contribution is -2.37. The summed E-state index contributed by atoms with van der Waals surface area (Å²) >= 11 is 0. The highest BCUT2D eigenvalue weighted by atomic mass is 19.1. The first-order valence-corrected chi connectivity index (χ1v) is 7.52. The van der Waals surface area contributed by atoms with Crippen molar-refractivity contribution in [1.82, 2.24) is 14.9 Å². The summed E-state index contributed by atoms with van der Waals surface area (Å²) < 4.78 is 13.0. The van der Waals surface area contributed by atoms with Gasteiger partial charge in [-0.1, -0.05) is 19.3 Å². The number of nitrogens with zero attached hydrogens (tertiary/aromatic N) is 4. The van der Waals surface area contributed by atoms with Crippen LogP contribution in [0.4, 0.5) is 10.3 Å². The maximum absolute atomic E-state index is 13.0. The van der Waals surface area contributed by atoms with E-state index >= 15 is 0 Å². The van der Waals surface area contributed by atoms with Gasteiger partial charge in [-0.25, -0.2) is 14.4 Å². The van der Waals surface area contributed by atoms with Crippen molar-refractivity contribution < 1.29 is 4.39 Å². The third-order valence-electron chi connectivity index (χ3n) is 3.91. The molecule has 0 amide bonds. The van der Waals surface area contributed by atoms with Crippen molar-refractivity contribution >= 4 is 5.95 Å². The summed E-state index contributed by atoms with van der Waals surface area (Å²) in [6, 6.07) is 0. The topological polar surface area (TPSA) is 32.3 Å². The maximum Gasteiger partial charge on any atom is 0.225 e. The van der Waals surface area contributed by atoms with E-state index in [4.69, 9.17) is 0 Å². The Balaban J connectivity index is 2.00. The molecule has 0 unspecified atom stereocenters. The highest BCUT2D eigenvalue weighted by Crippen LogP contribution is 2.25. The van der Waals surface area contributed by atoms with Gasteiger partial charge in [0.15, 0.2) is 5.82 Å². The molecule has 0 aliphatic heterocycles. The average Bonchev–Trinajstić information content (AvgIpc) is 2.45. The van der Waals surface area contributed by atoms with Crippen molar-refractivity contribution in [2.45, 2.75) is 32.1 Å². The smallest absolute Gasteiger partial charge is 0.225 e. The molecule has 20 heavy (non-hydrogen) atoms. The van der Waals surface area contributed by atoms with Crippen LogP contribution >= 0.6 is 0 Å². The fraction of sp³-hybridized carbons (Fsp3) is 0.733. The van der Waals surface area contributed by atoms with Crippen molar-refractivity contribution in [2.24, 2.45) is 5.92 Å². The van der Waals surface area contributed by atoms with Gasteiger partial charge in [0.1, 0.15) is 0 Å². The first-order valence-electron chi connectivity index (χ1n) is 7.52. The van der Waals surface area contributed by atoms with E-state index in [1.807, 2.05) is 0 Å². The van der Waals surface area contributed by atoms with Gasteiger partial charge in [-0.05, 0) is 32.9 Å². The van der Waals surface area contributed by atoms with Crippen LogP contribution in [0.1, 0.15) is 32.1 Å². The summed E-state index contributed by atoms with van der Waals surface area (Å²) in [5.41, 5.74) is 0. The summed E-state index contributed by atoms with van der Waals surface area (Å²) in [6.07, 6.45) is 9.12. The number of likely N-dealkylation sites (N-methyl/N-ethyl adjacent to an activating group) is 1. The molecule has 1 heterocycles. The Labute approximate surface area is 121 Å².